The van der Waals surface area contributed by atoms with Gasteiger partial charge in [0.1, 0.15) is 0 Å². The van der Waals surface area contributed by atoms with Gasteiger partial charge < -0.3 is 21.3 Å². The first-order valence-electron chi connectivity index (χ1n) is 22.7. The van der Waals surface area contributed by atoms with Gasteiger partial charge in [0, 0.05) is 50.2 Å². The van der Waals surface area contributed by atoms with Gasteiger partial charge in [0.25, 0.3) is 0 Å². The van der Waals surface area contributed by atoms with E-state index in [4.69, 9.17) is 5.73 Å². The number of nitrogens with one attached hydrogen (secondary N) is 2. The van der Waals surface area contributed by atoms with Crippen LogP contribution >= 0.6 is 0 Å². The van der Waals surface area contributed by atoms with Crippen LogP contribution in [-0.4, -0.2) is 79.5 Å². The van der Waals surface area contributed by atoms with Crippen LogP contribution < -0.4 is 16.4 Å². The molecule has 4 rings (SSSR count). The summed E-state index contributed by atoms with van der Waals surface area (Å²) in [6.45, 7) is 37.6. The smallest absolute Gasteiger partial charge is 0.233 e. The van der Waals surface area contributed by atoms with Crippen molar-refractivity contribution in [1.82, 2.24) is 20.4 Å². The number of nitrogens with zero attached hydrogens (tertiary/aromatic N) is 2. The molecule has 1 heterocycles. The molecule has 7 heteroatoms. The third kappa shape index (κ3) is 18.1. The quantitative estimate of drug-likeness (QED) is 0.228. The zero-order valence-electron chi connectivity index (χ0n) is 38.6. The molecule has 0 unspecified atom stereocenters. The number of nitrogens with two attached hydrogens (primary N) is 1. The van der Waals surface area contributed by atoms with Crippen molar-refractivity contribution in [2.45, 2.75) is 200 Å². The summed E-state index contributed by atoms with van der Waals surface area (Å²) in [4.78, 5) is 28.1. The summed E-state index contributed by atoms with van der Waals surface area (Å²) in [5, 5.41) is 6.18. The van der Waals surface area contributed by atoms with Crippen molar-refractivity contribution in [1.29, 1.82) is 0 Å². The van der Waals surface area contributed by atoms with E-state index in [2.05, 4.69) is 111 Å². The summed E-state index contributed by atoms with van der Waals surface area (Å²) in [6, 6.07) is 1.66. The molecule has 0 aromatic carbocycles. The standard InChI is InChI=1S/C17H34N2.C16H31NO.C14H28N2O.CH4/c1-14(17(2,3)4)15-6-8-16(9-7-15)19-12-10-18(5)11-13-19;1-11(2)15(18)17-14-9-7-13(8-10-14)12(3)16(4,5)6;1-10(14(2,3)4)11-5-7-12(8-6-11)16-13(17)9-15;/h14-16H,6-13H2,1-5H3;11-14H,7-10H2,1-6H3,(H,17,18);10-12H,5-9,15H2,1-4H3,(H,16,17);1H4/t14-,15?,16?;12-,13?,14?;10-,11?,12?;/m111./s1. The zero-order valence-corrected chi connectivity index (χ0v) is 38.6. The van der Waals surface area contributed by atoms with E-state index in [1.165, 1.54) is 77.5 Å². The summed E-state index contributed by atoms with van der Waals surface area (Å²) in [6.07, 6.45) is 15.3. The second-order valence-corrected chi connectivity index (χ2v) is 22.0. The normalized spacial score (nSPS) is 28.9. The van der Waals surface area contributed by atoms with Crippen LogP contribution in [0.1, 0.15) is 181 Å². The number of rotatable bonds is 8. The molecular formula is C48H97N5O2. The Morgan fingerprint density at radius 1 is 0.564 bits per heavy atom. The molecule has 7 nitrogen and oxygen atoms in total. The molecule has 4 aliphatic rings. The number of hydrogen-bond donors (Lipinski definition) is 3. The molecule has 0 spiro atoms. The van der Waals surface area contributed by atoms with Crippen LogP contribution in [0.4, 0.5) is 0 Å². The minimum atomic E-state index is -0.0164. The molecule has 0 bridgehead atoms. The monoisotopic (exact) mass is 776 g/mol. The molecule has 4 fully saturated rings. The Balaban J connectivity index is 0.000000410. The average molecular weight is 776 g/mol. The predicted octanol–water partition coefficient (Wildman–Crippen LogP) is 10.4. The highest BCUT2D eigenvalue weighted by molar-refractivity contribution is 5.78. The van der Waals surface area contributed by atoms with Gasteiger partial charge in [0.15, 0.2) is 0 Å². The van der Waals surface area contributed by atoms with Gasteiger partial charge in [-0.25, -0.2) is 0 Å². The van der Waals surface area contributed by atoms with E-state index in [1.54, 1.807) is 0 Å². The van der Waals surface area contributed by atoms with Crippen LogP contribution in [0.3, 0.4) is 0 Å². The average Bonchev–Trinajstić information content (AvgIpc) is 3.11. The van der Waals surface area contributed by atoms with Crippen molar-refractivity contribution < 1.29 is 9.59 Å². The van der Waals surface area contributed by atoms with Crippen molar-refractivity contribution in [2.24, 2.45) is 63.4 Å². The molecule has 326 valence electrons. The van der Waals surface area contributed by atoms with Crippen molar-refractivity contribution >= 4 is 11.8 Å². The fraction of sp³-hybridized carbons (Fsp3) is 0.958. The summed E-state index contributed by atoms with van der Waals surface area (Å²) in [7, 11) is 2.25. The highest BCUT2D eigenvalue weighted by Gasteiger charge is 2.35. The number of carbonyl (C=O) groups excluding carboxylic acids is 2. The molecule has 1 saturated heterocycles. The van der Waals surface area contributed by atoms with Gasteiger partial charge in [-0.15, -0.1) is 0 Å². The lowest BCUT2D eigenvalue weighted by Gasteiger charge is -2.44. The lowest BCUT2D eigenvalue weighted by molar-refractivity contribution is -0.125. The van der Waals surface area contributed by atoms with Crippen LogP contribution in [0.2, 0.25) is 0 Å². The van der Waals surface area contributed by atoms with E-state index in [9.17, 15) is 9.59 Å². The van der Waals surface area contributed by atoms with Gasteiger partial charge >= 0.3 is 0 Å². The van der Waals surface area contributed by atoms with Crippen LogP contribution in [0.5, 0.6) is 0 Å². The second kappa shape index (κ2) is 23.4. The van der Waals surface area contributed by atoms with Crippen LogP contribution in [-0.2, 0) is 9.59 Å². The largest absolute Gasteiger partial charge is 0.353 e. The maximum atomic E-state index is 11.7. The Labute approximate surface area is 343 Å². The number of piperazine rings is 1. The summed E-state index contributed by atoms with van der Waals surface area (Å²) < 4.78 is 0. The van der Waals surface area contributed by atoms with Crippen molar-refractivity contribution in [3.63, 3.8) is 0 Å². The highest BCUT2D eigenvalue weighted by atomic mass is 16.2. The lowest BCUT2D eigenvalue weighted by atomic mass is 9.68. The lowest BCUT2D eigenvalue weighted by Crippen LogP contribution is -2.50. The molecule has 0 aromatic heterocycles. The van der Waals surface area contributed by atoms with E-state index < -0.39 is 0 Å². The minimum Gasteiger partial charge on any atom is -0.353 e. The Kier molecular flexibility index (Phi) is 22.1. The molecule has 3 atom stereocenters. The summed E-state index contributed by atoms with van der Waals surface area (Å²) in [5.74, 6) is 5.27. The van der Waals surface area contributed by atoms with E-state index in [0.717, 1.165) is 67.2 Å². The summed E-state index contributed by atoms with van der Waals surface area (Å²) in [5.41, 5.74) is 6.58. The predicted molar refractivity (Wildman–Crippen MR) is 239 cm³/mol. The number of hydrogen-bond acceptors (Lipinski definition) is 5. The Morgan fingerprint density at radius 3 is 1.20 bits per heavy atom. The maximum Gasteiger partial charge on any atom is 0.233 e. The van der Waals surface area contributed by atoms with Gasteiger partial charge in [0.05, 0.1) is 6.54 Å². The Morgan fingerprint density at radius 2 is 0.891 bits per heavy atom. The molecule has 55 heavy (non-hydrogen) atoms. The van der Waals surface area contributed by atoms with Crippen molar-refractivity contribution in [3.8, 4) is 0 Å². The number of carbonyl (C=O) groups is 2. The van der Waals surface area contributed by atoms with Crippen LogP contribution in [0.15, 0.2) is 0 Å². The first-order chi connectivity index (χ1) is 24.9. The van der Waals surface area contributed by atoms with E-state index >= 15 is 0 Å². The first kappa shape index (κ1) is 51.8. The molecule has 3 aliphatic carbocycles. The van der Waals surface area contributed by atoms with Crippen molar-refractivity contribution in [2.75, 3.05) is 39.8 Å². The van der Waals surface area contributed by atoms with Crippen LogP contribution in [0.25, 0.3) is 0 Å². The SMILES string of the molecule is C.CC(C)C(=O)NC1CCC([C@@H](C)C(C)(C)C)CC1.C[C@H](C1CCC(N2CCN(C)CC2)CC1)C(C)(C)C.C[C@H](C1CCC(NC(=O)CN)CC1)C(C)(C)C. The molecule has 1 aliphatic heterocycles. The number of likely N-dealkylation sites (N-methyl/N-ethyl adjacent to an activating group) is 1. The second-order valence-electron chi connectivity index (χ2n) is 22.0. The number of amides is 2. The third-order valence-corrected chi connectivity index (χ3v) is 15.0. The van der Waals surface area contributed by atoms with Gasteiger partial charge in [0.2, 0.25) is 11.8 Å². The van der Waals surface area contributed by atoms with Crippen molar-refractivity contribution in [3.05, 3.63) is 0 Å². The van der Waals surface area contributed by atoms with Crippen LogP contribution in [0, 0.1) is 57.7 Å². The molecule has 0 aromatic rings. The molecule has 2 amide bonds. The molecule has 0 radical (unpaired) electrons. The fourth-order valence-corrected chi connectivity index (χ4v) is 9.46. The van der Waals surface area contributed by atoms with E-state index in [0.29, 0.717) is 28.3 Å². The molecule has 4 N–H and O–H groups in total. The third-order valence-electron chi connectivity index (χ3n) is 15.0. The van der Waals surface area contributed by atoms with E-state index in [1.807, 2.05) is 13.8 Å². The zero-order chi connectivity index (χ0) is 41.0. The highest BCUT2D eigenvalue weighted by Crippen LogP contribution is 2.42. The minimum absolute atomic E-state index is 0. The topological polar surface area (TPSA) is 90.7 Å². The first-order valence-corrected chi connectivity index (χ1v) is 22.7. The Bertz CT molecular complexity index is 1060. The van der Waals surface area contributed by atoms with E-state index in [-0.39, 0.29) is 31.7 Å². The van der Waals surface area contributed by atoms with Gasteiger partial charge in [-0.3, -0.25) is 14.5 Å². The molecular weight excluding hydrogens is 679 g/mol. The molecule has 3 saturated carbocycles. The fourth-order valence-electron chi connectivity index (χ4n) is 9.46. The maximum absolute atomic E-state index is 11.7. The Hall–Kier alpha value is -1.18. The van der Waals surface area contributed by atoms with Gasteiger partial charge in [-0.1, -0.05) is 104 Å². The summed E-state index contributed by atoms with van der Waals surface area (Å²) >= 11 is 0. The van der Waals surface area contributed by atoms with Gasteiger partial charge in [-0.2, -0.15) is 0 Å². The van der Waals surface area contributed by atoms with Gasteiger partial charge in [-0.05, 0) is 136 Å².